The molecule has 0 unspecified atom stereocenters. The van der Waals surface area contributed by atoms with Gasteiger partial charge in [0, 0.05) is 32.7 Å². The molecule has 1 amide bonds. The highest BCUT2D eigenvalue weighted by molar-refractivity contribution is 9.11. The third-order valence-corrected chi connectivity index (χ3v) is 4.41. The molecule has 0 fully saturated rings. The fraction of sp³-hybridized carbons (Fsp3) is 0.267. The molecule has 0 aliphatic heterocycles. The van der Waals surface area contributed by atoms with Gasteiger partial charge in [-0.3, -0.25) is 4.79 Å². The van der Waals surface area contributed by atoms with E-state index < -0.39 is 0 Å². The zero-order valence-electron chi connectivity index (χ0n) is 11.5. The molecule has 106 valence electrons. The summed E-state index contributed by atoms with van der Waals surface area (Å²) in [5.41, 5.74) is 3.11. The molecule has 0 radical (unpaired) electrons. The van der Waals surface area contributed by atoms with Gasteiger partial charge in [0.05, 0.1) is 3.79 Å². The molecule has 0 atom stereocenters. The molecule has 0 aliphatic carbocycles. The zero-order valence-corrected chi connectivity index (χ0v) is 13.9. The summed E-state index contributed by atoms with van der Waals surface area (Å²) in [5, 5.41) is 5.52. The summed E-state index contributed by atoms with van der Waals surface area (Å²) in [7, 11) is 3.53. The van der Waals surface area contributed by atoms with Gasteiger partial charge in [-0.2, -0.15) is 0 Å². The van der Waals surface area contributed by atoms with Crippen molar-refractivity contribution in [3.63, 3.8) is 0 Å². The average molecular weight is 353 g/mol. The zero-order chi connectivity index (χ0) is 14.5. The summed E-state index contributed by atoms with van der Waals surface area (Å²) in [6.07, 6.45) is 0. The number of nitrogens with one attached hydrogen (secondary N) is 1. The van der Waals surface area contributed by atoms with Gasteiger partial charge >= 0.3 is 0 Å². The van der Waals surface area contributed by atoms with E-state index in [9.17, 15) is 4.79 Å². The van der Waals surface area contributed by atoms with E-state index in [0.717, 1.165) is 28.0 Å². The van der Waals surface area contributed by atoms with Gasteiger partial charge in [-0.1, -0.05) is 12.1 Å². The lowest BCUT2D eigenvalue weighted by Crippen LogP contribution is -2.22. The van der Waals surface area contributed by atoms with Crippen LogP contribution in [0.3, 0.4) is 0 Å². The molecule has 20 heavy (non-hydrogen) atoms. The van der Waals surface area contributed by atoms with E-state index in [2.05, 4.69) is 32.7 Å². The largest absolute Gasteiger partial charge is 0.345 e. The van der Waals surface area contributed by atoms with Crippen molar-refractivity contribution in [3.8, 4) is 0 Å². The SMILES string of the molecule is CN(C)C(=O)c1cccc(CNCc2csc(Br)c2)c1. The summed E-state index contributed by atoms with van der Waals surface area (Å²) in [6, 6.07) is 9.86. The fourth-order valence-electron chi connectivity index (χ4n) is 1.86. The number of halogens is 1. The normalized spacial score (nSPS) is 10.6. The Morgan fingerprint density at radius 1 is 1.25 bits per heavy atom. The monoisotopic (exact) mass is 352 g/mol. The molecular weight excluding hydrogens is 336 g/mol. The smallest absolute Gasteiger partial charge is 0.253 e. The van der Waals surface area contributed by atoms with Crippen LogP contribution < -0.4 is 5.32 Å². The van der Waals surface area contributed by atoms with Crippen LogP contribution in [0.5, 0.6) is 0 Å². The second kappa shape index (κ2) is 7.02. The fourth-order valence-corrected chi connectivity index (χ4v) is 3.07. The van der Waals surface area contributed by atoms with Gasteiger partial charge in [-0.05, 0) is 50.6 Å². The lowest BCUT2D eigenvalue weighted by atomic mass is 10.1. The van der Waals surface area contributed by atoms with Crippen molar-refractivity contribution in [2.45, 2.75) is 13.1 Å². The molecular formula is C15H17BrN2OS. The van der Waals surface area contributed by atoms with Crippen LogP contribution in [0.4, 0.5) is 0 Å². The summed E-state index contributed by atoms with van der Waals surface area (Å²) in [4.78, 5) is 13.5. The molecule has 2 rings (SSSR count). The van der Waals surface area contributed by atoms with E-state index in [1.807, 2.05) is 24.3 Å². The van der Waals surface area contributed by atoms with Crippen LogP contribution in [0.2, 0.25) is 0 Å². The summed E-state index contributed by atoms with van der Waals surface area (Å²) in [6.45, 7) is 1.58. The molecule has 1 aromatic heterocycles. The molecule has 0 bridgehead atoms. The number of nitrogens with zero attached hydrogens (tertiary/aromatic N) is 1. The minimum atomic E-state index is 0.0358. The van der Waals surface area contributed by atoms with E-state index in [4.69, 9.17) is 0 Å². The molecule has 1 heterocycles. The lowest BCUT2D eigenvalue weighted by molar-refractivity contribution is 0.0827. The Balaban J connectivity index is 1.93. The number of carbonyl (C=O) groups is 1. The second-order valence-corrected chi connectivity index (χ2v) is 7.05. The Morgan fingerprint density at radius 3 is 2.65 bits per heavy atom. The lowest BCUT2D eigenvalue weighted by Gasteiger charge is -2.11. The maximum absolute atomic E-state index is 11.9. The van der Waals surface area contributed by atoms with Crippen molar-refractivity contribution in [2.75, 3.05) is 14.1 Å². The van der Waals surface area contributed by atoms with E-state index in [0.29, 0.717) is 0 Å². The number of hydrogen-bond donors (Lipinski definition) is 1. The molecule has 0 saturated carbocycles. The minimum Gasteiger partial charge on any atom is -0.345 e. The highest BCUT2D eigenvalue weighted by atomic mass is 79.9. The first kappa shape index (κ1) is 15.2. The Kier molecular flexibility index (Phi) is 5.34. The van der Waals surface area contributed by atoms with Crippen LogP contribution in [-0.2, 0) is 13.1 Å². The van der Waals surface area contributed by atoms with E-state index in [1.54, 1.807) is 30.3 Å². The maximum Gasteiger partial charge on any atom is 0.253 e. The van der Waals surface area contributed by atoms with Gasteiger partial charge in [0.15, 0.2) is 0 Å². The topological polar surface area (TPSA) is 32.3 Å². The van der Waals surface area contributed by atoms with Crippen LogP contribution in [0, 0.1) is 0 Å². The second-order valence-electron chi connectivity index (χ2n) is 4.76. The van der Waals surface area contributed by atoms with E-state index in [-0.39, 0.29) is 5.91 Å². The number of amides is 1. The number of rotatable bonds is 5. The summed E-state index contributed by atoms with van der Waals surface area (Å²) in [5.74, 6) is 0.0358. The predicted molar refractivity (Wildman–Crippen MR) is 87.0 cm³/mol. The van der Waals surface area contributed by atoms with Crippen molar-refractivity contribution < 1.29 is 4.79 Å². The molecule has 2 aromatic rings. The van der Waals surface area contributed by atoms with E-state index >= 15 is 0 Å². The van der Waals surface area contributed by atoms with Gasteiger partial charge in [0.1, 0.15) is 0 Å². The third kappa shape index (κ3) is 4.16. The van der Waals surface area contributed by atoms with Crippen LogP contribution >= 0.6 is 27.3 Å². The summed E-state index contributed by atoms with van der Waals surface area (Å²) < 4.78 is 1.15. The van der Waals surface area contributed by atoms with Crippen molar-refractivity contribution >= 4 is 33.2 Å². The van der Waals surface area contributed by atoms with Crippen LogP contribution in [0.15, 0.2) is 39.5 Å². The first-order valence-electron chi connectivity index (χ1n) is 6.30. The van der Waals surface area contributed by atoms with Gasteiger partial charge in [0.25, 0.3) is 5.91 Å². The van der Waals surface area contributed by atoms with Gasteiger partial charge in [-0.25, -0.2) is 0 Å². The van der Waals surface area contributed by atoms with Crippen LogP contribution in [-0.4, -0.2) is 24.9 Å². The quantitative estimate of drug-likeness (QED) is 0.892. The number of benzene rings is 1. The first-order valence-corrected chi connectivity index (χ1v) is 7.98. The van der Waals surface area contributed by atoms with Gasteiger partial charge in [-0.15, -0.1) is 11.3 Å². The molecule has 0 aliphatic rings. The van der Waals surface area contributed by atoms with Gasteiger partial charge in [0.2, 0.25) is 0 Å². The number of carbonyl (C=O) groups excluding carboxylic acids is 1. The van der Waals surface area contributed by atoms with E-state index in [1.165, 1.54) is 5.56 Å². The standard InChI is InChI=1S/C15H17BrN2OS/c1-18(2)15(19)13-5-3-4-11(6-13)8-17-9-12-7-14(16)20-10-12/h3-7,10,17H,8-9H2,1-2H3. The summed E-state index contributed by atoms with van der Waals surface area (Å²) >= 11 is 5.14. The molecule has 1 N–H and O–H groups in total. The Hall–Kier alpha value is -1.17. The Bertz CT molecular complexity index is 595. The Labute approximate surface area is 131 Å². The number of hydrogen-bond acceptors (Lipinski definition) is 3. The molecule has 1 aromatic carbocycles. The minimum absolute atomic E-state index is 0.0358. The maximum atomic E-state index is 11.9. The van der Waals surface area contributed by atoms with Crippen molar-refractivity contribution in [1.82, 2.24) is 10.2 Å². The molecule has 3 nitrogen and oxygen atoms in total. The number of thiophene rings is 1. The molecule has 5 heteroatoms. The predicted octanol–water partition coefficient (Wildman–Crippen LogP) is 3.50. The highest BCUT2D eigenvalue weighted by Crippen LogP contribution is 2.20. The van der Waals surface area contributed by atoms with Crippen molar-refractivity contribution in [2.24, 2.45) is 0 Å². The van der Waals surface area contributed by atoms with Crippen molar-refractivity contribution in [1.29, 1.82) is 0 Å². The highest BCUT2D eigenvalue weighted by Gasteiger charge is 2.07. The van der Waals surface area contributed by atoms with Crippen LogP contribution in [0.25, 0.3) is 0 Å². The van der Waals surface area contributed by atoms with Crippen LogP contribution in [0.1, 0.15) is 21.5 Å². The third-order valence-electron chi connectivity index (χ3n) is 2.86. The average Bonchev–Trinajstić information content (AvgIpc) is 2.84. The molecule has 0 spiro atoms. The van der Waals surface area contributed by atoms with Gasteiger partial charge < -0.3 is 10.2 Å². The first-order chi connectivity index (χ1) is 9.56. The van der Waals surface area contributed by atoms with Crippen molar-refractivity contribution in [3.05, 3.63) is 56.2 Å². The Morgan fingerprint density at radius 2 is 2.00 bits per heavy atom. The molecule has 0 saturated heterocycles.